The van der Waals surface area contributed by atoms with Gasteiger partial charge in [-0.1, -0.05) is 12.8 Å². The van der Waals surface area contributed by atoms with Gasteiger partial charge < -0.3 is 0 Å². The second kappa shape index (κ2) is 7.06. The molecular formula is C10H15BrN2OS. The second-order valence-corrected chi connectivity index (χ2v) is 4.68. The topological polar surface area (TPSA) is 34.9 Å². The van der Waals surface area contributed by atoms with Crippen LogP contribution in [0, 0.1) is 0 Å². The van der Waals surface area contributed by atoms with E-state index in [-0.39, 0.29) is 5.56 Å². The van der Waals surface area contributed by atoms with Crippen LogP contribution in [0.1, 0.15) is 25.7 Å². The van der Waals surface area contributed by atoms with Gasteiger partial charge >= 0.3 is 0 Å². The fourth-order valence-corrected chi connectivity index (χ4v) is 1.90. The third kappa shape index (κ3) is 4.38. The Morgan fingerprint density at radius 1 is 1.33 bits per heavy atom. The number of thiol groups is 1. The zero-order valence-corrected chi connectivity index (χ0v) is 11.0. The van der Waals surface area contributed by atoms with E-state index >= 15 is 0 Å². The van der Waals surface area contributed by atoms with Crippen LogP contribution in [-0.4, -0.2) is 15.3 Å². The van der Waals surface area contributed by atoms with Gasteiger partial charge in [0.05, 0.1) is 6.33 Å². The molecule has 1 rings (SSSR count). The van der Waals surface area contributed by atoms with E-state index in [1.54, 1.807) is 10.9 Å². The van der Waals surface area contributed by atoms with Crippen molar-refractivity contribution in [3.63, 3.8) is 0 Å². The highest BCUT2D eigenvalue weighted by molar-refractivity contribution is 9.10. The molecule has 0 aromatic carbocycles. The molecular weight excluding hydrogens is 276 g/mol. The minimum Gasteiger partial charge on any atom is -0.298 e. The Hall–Kier alpha value is -0.290. The van der Waals surface area contributed by atoms with Gasteiger partial charge in [0, 0.05) is 12.7 Å². The van der Waals surface area contributed by atoms with Gasteiger partial charge in [-0.2, -0.15) is 12.6 Å². The normalized spacial score (nSPS) is 10.5. The van der Waals surface area contributed by atoms with Gasteiger partial charge in [0.1, 0.15) is 4.47 Å². The summed E-state index contributed by atoms with van der Waals surface area (Å²) in [6.45, 7) is 0.748. The lowest BCUT2D eigenvalue weighted by atomic mass is 10.2. The third-order valence-corrected chi connectivity index (χ3v) is 3.03. The Balaban J connectivity index is 2.38. The summed E-state index contributed by atoms with van der Waals surface area (Å²) in [4.78, 5) is 15.5. The van der Waals surface area contributed by atoms with E-state index in [9.17, 15) is 4.79 Å². The summed E-state index contributed by atoms with van der Waals surface area (Å²) < 4.78 is 2.17. The van der Waals surface area contributed by atoms with Crippen LogP contribution in [-0.2, 0) is 6.54 Å². The first-order valence-corrected chi connectivity index (χ1v) is 6.49. The molecule has 0 N–H and O–H groups in total. The summed E-state index contributed by atoms with van der Waals surface area (Å²) in [5.74, 6) is 0.943. The molecule has 0 aliphatic carbocycles. The van der Waals surface area contributed by atoms with Crippen molar-refractivity contribution >= 4 is 28.6 Å². The summed E-state index contributed by atoms with van der Waals surface area (Å²) in [7, 11) is 0. The maximum Gasteiger partial charge on any atom is 0.267 e. The predicted octanol–water partition coefficient (Wildman–Crippen LogP) is 2.50. The minimum atomic E-state index is -0.000745. The van der Waals surface area contributed by atoms with Crippen molar-refractivity contribution in [3.8, 4) is 0 Å². The first kappa shape index (κ1) is 12.8. The van der Waals surface area contributed by atoms with E-state index in [0.717, 1.165) is 31.6 Å². The number of unbranched alkanes of at least 4 members (excludes halogenated alkanes) is 3. The molecule has 0 aliphatic heterocycles. The predicted molar refractivity (Wildman–Crippen MR) is 68.5 cm³/mol. The maximum atomic E-state index is 11.6. The Morgan fingerprint density at radius 3 is 2.80 bits per heavy atom. The van der Waals surface area contributed by atoms with Crippen molar-refractivity contribution in [1.29, 1.82) is 0 Å². The van der Waals surface area contributed by atoms with E-state index in [2.05, 4.69) is 33.5 Å². The molecule has 0 radical (unpaired) electrons. The molecule has 0 fully saturated rings. The number of halogens is 1. The number of hydrogen-bond donors (Lipinski definition) is 1. The molecule has 0 amide bonds. The fourth-order valence-electron chi connectivity index (χ4n) is 1.33. The van der Waals surface area contributed by atoms with Crippen molar-refractivity contribution in [2.24, 2.45) is 0 Å². The lowest BCUT2D eigenvalue weighted by Crippen LogP contribution is -2.20. The highest BCUT2D eigenvalue weighted by Gasteiger charge is 1.99. The van der Waals surface area contributed by atoms with Gasteiger partial charge in [-0.25, -0.2) is 4.98 Å². The van der Waals surface area contributed by atoms with Crippen molar-refractivity contribution in [2.45, 2.75) is 32.2 Å². The first-order valence-electron chi connectivity index (χ1n) is 5.06. The molecule has 3 nitrogen and oxygen atoms in total. The van der Waals surface area contributed by atoms with Crippen LogP contribution in [0.25, 0.3) is 0 Å². The number of nitrogens with zero attached hydrogens (tertiary/aromatic N) is 2. The molecule has 0 bridgehead atoms. The molecule has 1 heterocycles. The highest BCUT2D eigenvalue weighted by atomic mass is 79.9. The summed E-state index contributed by atoms with van der Waals surface area (Å²) >= 11 is 7.33. The van der Waals surface area contributed by atoms with E-state index in [1.807, 2.05) is 0 Å². The zero-order chi connectivity index (χ0) is 11.1. The summed E-state index contributed by atoms with van der Waals surface area (Å²) in [6, 6.07) is 0. The van der Waals surface area contributed by atoms with Crippen molar-refractivity contribution < 1.29 is 0 Å². The van der Waals surface area contributed by atoms with Crippen LogP contribution < -0.4 is 5.56 Å². The SMILES string of the molecule is O=c1c(Br)cncn1CCCCCCS. The Morgan fingerprint density at radius 2 is 2.07 bits per heavy atom. The van der Waals surface area contributed by atoms with Crippen LogP contribution >= 0.6 is 28.6 Å². The average Bonchev–Trinajstić information content (AvgIpc) is 2.24. The third-order valence-electron chi connectivity index (χ3n) is 2.17. The largest absolute Gasteiger partial charge is 0.298 e. The fraction of sp³-hybridized carbons (Fsp3) is 0.600. The van der Waals surface area contributed by atoms with Crippen LogP contribution in [0.2, 0.25) is 0 Å². The Kier molecular flexibility index (Phi) is 6.02. The number of hydrogen-bond acceptors (Lipinski definition) is 3. The zero-order valence-electron chi connectivity index (χ0n) is 8.53. The van der Waals surface area contributed by atoms with Gasteiger partial charge in [-0.3, -0.25) is 9.36 Å². The van der Waals surface area contributed by atoms with Gasteiger partial charge in [-0.15, -0.1) is 0 Å². The van der Waals surface area contributed by atoms with Gasteiger partial charge in [0.15, 0.2) is 0 Å². The number of aromatic nitrogens is 2. The molecule has 1 aromatic heterocycles. The summed E-state index contributed by atoms with van der Waals surface area (Å²) in [6.07, 6.45) is 7.60. The van der Waals surface area contributed by atoms with E-state index in [1.165, 1.54) is 12.6 Å². The Labute approximate surface area is 103 Å². The standard InChI is InChI=1S/C10H15BrN2OS/c11-9-7-12-8-13(10(9)14)5-3-1-2-4-6-15/h7-8,15H,1-6H2. The van der Waals surface area contributed by atoms with E-state index in [4.69, 9.17) is 0 Å². The smallest absolute Gasteiger partial charge is 0.267 e. The van der Waals surface area contributed by atoms with E-state index in [0.29, 0.717) is 4.47 Å². The van der Waals surface area contributed by atoms with Crippen LogP contribution in [0.15, 0.2) is 21.8 Å². The lowest BCUT2D eigenvalue weighted by molar-refractivity contribution is 0.564. The van der Waals surface area contributed by atoms with Crippen molar-refractivity contribution in [2.75, 3.05) is 5.75 Å². The second-order valence-electron chi connectivity index (χ2n) is 3.38. The van der Waals surface area contributed by atoms with Crippen molar-refractivity contribution in [1.82, 2.24) is 9.55 Å². The molecule has 0 unspecified atom stereocenters. The first-order chi connectivity index (χ1) is 7.25. The van der Waals surface area contributed by atoms with Gasteiger partial charge in [0.2, 0.25) is 0 Å². The molecule has 0 saturated heterocycles. The van der Waals surface area contributed by atoms with Crippen molar-refractivity contribution in [3.05, 3.63) is 27.4 Å². The molecule has 15 heavy (non-hydrogen) atoms. The number of rotatable bonds is 6. The molecule has 84 valence electrons. The maximum absolute atomic E-state index is 11.6. The van der Waals surface area contributed by atoms with Crippen LogP contribution in [0.5, 0.6) is 0 Å². The highest BCUT2D eigenvalue weighted by Crippen LogP contribution is 2.03. The van der Waals surface area contributed by atoms with E-state index < -0.39 is 0 Å². The van der Waals surface area contributed by atoms with Gasteiger partial charge in [0.25, 0.3) is 5.56 Å². The molecule has 0 saturated carbocycles. The molecule has 1 aromatic rings. The minimum absolute atomic E-state index is 0.000745. The summed E-state index contributed by atoms with van der Waals surface area (Å²) in [5.41, 5.74) is -0.000745. The molecule has 0 spiro atoms. The van der Waals surface area contributed by atoms with Crippen LogP contribution in [0.3, 0.4) is 0 Å². The van der Waals surface area contributed by atoms with Crippen LogP contribution in [0.4, 0.5) is 0 Å². The Bertz CT molecular complexity index is 354. The van der Waals surface area contributed by atoms with Gasteiger partial charge in [-0.05, 0) is 34.5 Å². The molecule has 0 atom stereocenters. The molecule has 5 heteroatoms. The summed E-state index contributed by atoms with van der Waals surface area (Å²) in [5, 5.41) is 0. The average molecular weight is 291 g/mol. The molecule has 0 aliphatic rings. The quantitative estimate of drug-likeness (QED) is 0.645. The monoisotopic (exact) mass is 290 g/mol. The number of aryl methyl sites for hydroxylation is 1. The lowest BCUT2D eigenvalue weighted by Gasteiger charge is -2.04.